The molecule has 3 saturated carbocycles. The molecule has 3 N–H and O–H groups in total. The molecule has 15 nitrogen and oxygen atoms in total. The van der Waals surface area contributed by atoms with Gasteiger partial charge in [-0.15, -0.1) is 0 Å². The predicted octanol–water partition coefficient (Wildman–Crippen LogP) is 6.05. The van der Waals surface area contributed by atoms with Gasteiger partial charge in [-0.25, -0.2) is 18.2 Å². The maximum Gasteiger partial charge on any atom is 0.408 e. The third kappa shape index (κ3) is 8.38. The van der Waals surface area contributed by atoms with E-state index in [1.54, 1.807) is 13.2 Å². The molecule has 1 saturated heterocycles. The number of sulfonamides is 1. The number of furan rings is 1. The molecule has 16 heteroatoms. The van der Waals surface area contributed by atoms with E-state index in [1.807, 2.05) is 60.7 Å². The van der Waals surface area contributed by atoms with Crippen LogP contribution in [0.5, 0.6) is 11.5 Å². The Morgan fingerprint density at radius 3 is 2.51 bits per heavy atom. The van der Waals surface area contributed by atoms with E-state index in [0.717, 1.165) is 49.5 Å². The predicted molar refractivity (Wildman–Crippen MR) is 225 cm³/mol. The van der Waals surface area contributed by atoms with Crippen molar-refractivity contribution in [3.63, 3.8) is 0 Å². The lowest BCUT2D eigenvalue weighted by Crippen LogP contribution is -2.58. The van der Waals surface area contributed by atoms with Gasteiger partial charge >= 0.3 is 6.09 Å². The quantitative estimate of drug-likeness (QED) is 0.166. The smallest absolute Gasteiger partial charge is 0.408 e. The first-order chi connectivity index (χ1) is 29.5. The average Bonchev–Trinajstić information content (AvgIpc) is 4.06. The highest BCUT2D eigenvalue weighted by atomic mass is 32.2. The number of allylic oxidation sites excluding steroid dienone is 1. The Bertz CT molecular complexity index is 2490. The highest BCUT2D eigenvalue weighted by Crippen LogP contribution is 2.46. The summed E-state index contributed by atoms with van der Waals surface area (Å²) in [4.78, 5) is 63.0. The standard InChI is InChI=1S/C45H51N5O10S/c1-57-36-19-11-9-16-31(36)34-24-38(40-39(46-34)32-17-10-12-20-37(32)60-40)58-29-23-35-41(51)48-45(43(53)49-61(55,56)30-21-22-30)25-27(45)13-5-3-2-4-6-18-33(42(52)50(35)26-29)47-44(54)59-28-14-7-8-15-28/h5,9-13,16-17,19-20,24,27-30,33,35H,2-4,6-8,14-15,18,21-23,25-26H2,1H3,(H,47,54)(H,48,51)(H,49,53)/b13-5-/t27-,29+,33-,35-,45+/m0/s1. The molecule has 2 aromatic heterocycles. The van der Waals surface area contributed by atoms with E-state index in [2.05, 4.69) is 15.4 Å². The fourth-order valence-electron chi connectivity index (χ4n) is 9.09. The number of aromatic nitrogens is 1. The van der Waals surface area contributed by atoms with Crippen LogP contribution in [0.15, 0.2) is 71.2 Å². The van der Waals surface area contributed by atoms with Crippen molar-refractivity contribution >= 4 is 55.9 Å². The number of hydrogen-bond donors (Lipinski definition) is 3. The third-order valence-corrected chi connectivity index (χ3v) is 14.5. The number of pyridine rings is 1. The Labute approximate surface area is 354 Å². The number of methoxy groups -OCH3 is 1. The number of amides is 4. The van der Waals surface area contributed by atoms with Crippen LogP contribution >= 0.6 is 0 Å². The van der Waals surface area contributed by atoms with Crippen LogP contribution in [0.4, 0.5) is 4.79 Å². The van der Waals surface area contributed by atoms with Crippen LogP contribution in [-0.4, -0.2) is 90.9 Å². The Kier molecular flexibility index (Phi) is 11.1. The Balaban J connectivity index is 1.06. The van der Waals surface area contributed by atoms with Gasteiger partial charge < -0.3 is 34.2 Å². The molecule has 4 fully saturated rings. The second kappa shape index (κ2) is 16.7. The maximum absolute atomic E-state index is 14.8. The van der Waals surface area contributed by atoms with Crippen molar-refractivity contribution in [1.82, 2.24) is 25.2 Å². The minimum atomic E-state index is -3.92. The Morgan fingerprint density at radius 2 is 1.70 bits per heavy atom. The van der Waals surface area contributed by atoms with Crippen molar-refractivity contribution in [1.29, 1.82) is 0 Å². The van der Waals surface area contributed by atoms with Gasteiger partial charge in [-0.3, -0.25) is 19.1 Å². The monoisotopic (exact) mass is 853 g/mol. The Hall–Kier alpha value is -5.64. The largest absolute Gasteiger partial charge is 0.496 e. The number of fused-ring (bicyclic) bond motifs is 5. The summed E-state index contributed by atoms with van der Waals surface area (Å²) < 4.78 is 52.7. The molecule has 2 aromatic carbocycles. The van der Waals surface area contributed by atoms with E-state index in [-0.39, 0.29) is 25.5 Å². The first kappa shape index (κ1) is 40.7. The molecule has 0 bridgehead atoms. The molecule has 4 heterocycles. The molecule has 5 atom stereocenters. The van der Waals surface area contributed by atoms with Crippen LogP contribution < -0.4 is 24.8 Å². The number of nitrogens with one attached hydrogen (secondary N) is 3. The second-order valence-corrected chi connectivity index (χ2v) is 18.9. The lowest BCUT2D eigenvalue weighted by molar-refractivity contribution is -0.141. The van der Waals surface area contributed by atoms with Gasteiger partial charge in [0, 0.05) is 29.4 Å². The molecule has 3 aliphatic carbocycles. The van der Waals surface area contributed by atoms with Crippen molar-refractivity contribution in [2.75, 3.05) is 13.7 Å². The lowest BCUT2D eigenvalue weighted by Gasteiger charge is -2.30. The van der Waals surface area contributed by atoms with Gasteiger partial charge in [0.15, 0.2) is 11.3 Å². The van der Waals surface area contributed by atoms with Gasteiger partial charge in [0.1, 0.15) is 46.7 Å². The van der Waals surface area contributed by atoms with Crippen LogP contribution in [0.2, 0.25) is 0 Å². The van der Waals surface area contributed by atoms with Gasteiger partial charge in [0.2, 0.25) is 21.8 Å². The number of ether oxygens (including phenoxy) is 3. The molecule has 4 amide bonds. The summed E-state index contributed by atoms with van der Waals surface area (Å²) >= 11 is 0. The number of benzene rings is 2. The Morgan fingerprint density at radius 1 is 0.934 bits per heavy atom. The summed E-state index contributed by atoms with van der Waals surface area (Å²) in [6.45, 7) is -0.0423. The zero-order chi connectivity index (χ0) is 42.3. The maximum atomic E-state index is 14.8. The molecular formula is C45H51N5O10S. The normalized spacial score (nSPS) is 26.7. The number of hydrogen-bond acceptors (Lipinski definition) is 11. The van der Waals surface area contributed by atoms with Gasteiger partial charge in [0.05, 0.1) is 24.6 Å². The number of nitrogens with zero attached hydrogens (tertiary/aromatic N) is 2. The van der Waals surface area contributed by atoms with E-state index >= 15 is 0 Å². The second-order valence-electron chi connectivity index (χ2n) is 17.0. The van der Waals surface area contributed by atoms with Crippen LogP contribution in [0.25, 0.3) is 33.3 Å². The van der Waals surface area contributed by atoms with Crippen molar-refractivity contribution in [2.45, 2.75) is 119 Å². The van der Waals surface area contributed by atoms with E-state index in [9.17, 15) is 27.6 Å². The van der Waals surface area contributed by atoms with Gasteiger partial charge in [-0.1, -0.05) is 49.3 Å². The summed E-state index contributed by atoms with van der Waals surface area (Å²) in [5, 5.41) is 5.88. The van der Waals surface area contributed by atoms with Crippen LogP contribution in [-0.2, 0) is 29.1 Å². The van der Waals surface area contributed by atoms with E-state index < -0.39 is 68.7 Å². The van der Waals surface area contributed by atoms with Crippen molar-refractivity contribution in [3.05, 3.63) is 66.7 Å². The van der Waals surface area contributed by atoms with Crippen molar-refractivity contribution < 1.29 is 46.2 Å². The topological polar surface area (TPSA) is 195 Å². The van der Waals surface area contributed by atoms with E-state index in [0.29, 0.717) is 66.0 Å². The average molecular weight is 854 g/mol. The molecular weight excluding hydrogens is 803 g/mol. The molecule has 0 radical (unpaired) electrons. The lowest BCUT2D eigenvalue weighted by atomic mass is 10.0. The number of carbonyl (C=O) groups excluding carboxylic acids is 4. The molecule has 322 valence electrons. The molecule has 2 aliphatic heterocycles. The third-order valence-electron chi connectivity index (χ3n) is 12.7. The number of carbonyl (C=O) groups is 4. The zero-order valence-electron chi connectivity index (χ0n) is 34.1. The zero-order valence-corrected chi connectivity index (χ0v) is 34.9. The van der Waals surface area contributed by atoms with Crippen LogP contribution in [0, 0.1) is 5.92 Å². The molecule has 0 spiro atoms. The summed E-state index contributed by atoms with van der Waals surface area (Å²) in [6.07, 6.45) is 9.96. The van der Waals surface area contributed by atoms with Crippen LogP contribution in [0.3, 0.4) is 0 Å². The number of alkyl carbamates (subject to hydrolysis) is 1. The van der Waals surface area contributed by atoms with Crippen LogP contribution in [0.1, 0.15) is 83.5 Å². The molecule has 5 aliphatic rings. The summed E-state index contributed by atoms with van der Waals surface area (Å²) in [6, 6.07) is 14.6. The van der Waals surface area contributed by atoms with Gasteiger partial charge in [-0.2, -0.15) is 0 Å². The highest BCUT2D eigenvalue weighted by molar-refractivity contribution is 7.91. The molecule has 0 unspecified atom stereocenters. The van der Waals surface area contributed by atoms with Gasteiger partial charge in [-0.05, 0) is 88.5 Å². The summed E-state index contributed by atoms with van der Waals surface area (Å²) in [7, 11) is -2.33. The minimum Gasteiger partial charge on any atom is -0.496 e. The molecule has 9 rings (SSSR count). The van der Waals surface area contributed by atoms with E-state index in [1.165, 1.54) is 4.90 Å². The number of para-hydroxylation sites is 2. The highest BCUT2D eigenvalue weighted by Gasteiger charge is 2.62. The van der Waals surface area contributed by atoms with E-state index in [4.69, 9.17) is 23.6 Å². The SMILES string of the molecule is COc1ccccc1-c1cc(O[C@@H]2C[C@H]3C(=O)N[C@]4(C(=O)NS(=O)(=O)C5CC5)C[C@@H]4/C=C\CCCCC[C@H](NC(=O)OC4CCCC4)C(=O)N3C2)c2oc3ccccc3c2n1. The number of rotatable bonds is 9. The summed E-state index contributed by atoms with van der Waals surface area (Å²) in [5.41, 5.74) is 1.28. The van der Waals surface area contributed by atoms with Gasteiger partial charge in [0.25, 0.3) is 5.91 Å². The summed E-state index contributed by atoms with van der Waals surface area (Å²) in [5.74, 6) is -1.41. The first-order valence-corrected chi connectivity index (χ1v) is 23.0. The minimum absolute atomic E-state index is 0.0173. The first-order valence-electron chi connectivity index (χ1n) is 21.5. The van der Waals surface area contributed by atoms with Crippen molar-refractivity contribution in [2.24, 2.45) is 5.92 Å². The molecule has 61 heavy (non-hydrogen) atoms. The fourth-order valence-corrected chi connectivity index (χ4v) is 10.5. The van der Waals surface area contributed by atoms with Crippen molar-refractivity contribution in [3.8, 4) is 22.8 Å². The molecule has 4 aromatic rings. The fraction of sp³-hybridized carbons (Fsp3) is 0.489.